The van der Waals surface area contributed by atoms with Crippen molar-refractivity contribution < 1.29 is 29.0 Å². The normalized spacial score (nSPS) is 11.4. The number of nitrogens with one attached hydrogen (secondary N) is 2. The van der Waals surface area contributed by atoms with Crippen molar-refractivity contribution >= 4 is 67.8 Å². The van der Waals surface area contributed by atoms with Crippen LogP contribution in [0.4, 0.5) is 11.6 Å². The molecule has 2 aromatic carbocycles. The molecule has 0 spiro atoms. The first-order chi connectivity index (χ1) is 21.1. The topological polar surface area (TPSA) is 185 Å². The second kappa shape index (κ2) is 17.0. The van der Waals surface area contributed by atoms with Crippen LogP contribution >= 0.6 is 21.6 Å². The molecule has 12 nitrogen and oxygen atoms in total. The summed E-state index contributed by atoms with van der Waals surface area (Å²) in [5, 5.41) is 12.4. The van der Waals surface area contributed by atoms with Crippen LogP contribution in [-0.2, 0) is 25.7 Å². The molecule has 0 bridgehead atoms. The highest BCUT2D eigenvalue weighted by Crippen LogP contribution is 2.22. The minimum absolute atomic E-state index is 0.0322. The number of carbonyl (C=O) groups excluding carboxylic acids is 3. The summed E-state index contributed by atoms with van der Waals surface area (Å²) < 4.78 is 5.13. The van der Waals surface area contributed by atoms with E-state index in [0.29, 0.717) is 41.1 Å². The maximum Gasteiger partial charge on any atom is 0.326 e. The highest BCUT2D eigenvalue weighted by Gasteiger charge is 2.22. The highest BCUT2D eigenvalue weighted by atomic mass is 33.1. The number of H-pyrrole nitrogens is 1. The van der Waals surface area contributed by atoms with Crippen molar-refractivity contribution in [3.63, 3.8) is 0 Å². The number of nitrogens with zero attached hydrogens (tertiary/aromatic N) is 2. The third-order valence-electron chi connectivity index (χ3n) is 6.23. The lowest BCUT2D eigenvalue weighted by Gasteiger charge is -2.23. The molecule has 3 rings (SSSR count). The number of ether oxygens (including phenoxy) is 1. The molecule has 0 radical (unpaired) electrons. The maximum absolute atomic E-state index is 12.8. The molecule has 1 atom stereocenters. The quantitative estimate of drug-likeness (QED) is 0.0734. The van der Waals surface area contributed by atoms with E-state index in [1.54, 1.807) is 36.4 Å². The van der Waals surface area contributed by atoms with E-state index < -0.39 is 23.9 Å². The van der Waals surface area contributed by atoms with Crippen LogP contribution < -0.4 is 21.5 Å². The Morgan fingerprint density at radius 1 is 1.14 bits per heavy atom. The van der Waals surface area contributed by atoms with E-state index in [1.807, 2.05) is 11.0 Å². The molecule has 232 valence electrons. The fourth-order valence-corrected chi connectivity index (χ4v) is 5.94. The number of carboxylic acid groups (broad SMARTS) is 1. The van der Waals surface area contributed by atoms with Gasteiger partial charge in [-0.3, -0.25) is 24.2 Å². The minimum Gasteiger partial charge on any atom is -0.480 e. The zero-order chi connectivity index (χ0) is 32.1. The smallest absolute Gasteiger partial charge is 0.326 e. The number of aromatic amines is 1. The first-order valence-corrected chi connectivity index (χ1v) is 16.1. The van der Waals surface area contributed by atoms with E-state index in [-0.39, 0.29) is 48.8 Å². The van der Waals surface area contributed by atoms with E-state index >= 15 is 0 Å². The van der Waals surface area contributed by atoms with E-state index in [0.717, 1.165) is 5.56 Å². The Morgan fingerprint density at radius 2 is 1.86 bits per heavy atom. The third kappa shape index (κ3) is 10.7. The lowest BCUT2D eigenvalue weighted by atomic mass is 10.1. The Balaban J connectivity index is 1.54. The number of ketones is 1. The van der Waals surface area contributed by atoms with Gasteiger partial charge >= 0.3 is 11.9 Å². The van der Waals surface area contributed by atoms with Crippen LogP contribution in [0.25, 0.3) is 10.9 Å². The Hall–Kier alpha value is -4.48. The molecule has 3 aromatic rings. The van der Waals surface area contributed by atoms with Crippen LogP contribution in [0, 0.1) is 12.3 Å². The average Bonchev–Trinajstić information content (AvgIpc) is 2.98. The number of hydrogen-bond donors (Lipinski definition) is 4. The molecule has 0 fully saturated rings. The van der Waals surface area contributed by atoms with E-state index in [4.69, 9.17) is 16.9 Å². The molecule has 0 unspecified atom stereocenters. The number of Topliss-reactive ketones (excluding diaryl/α,β-unsaturated/α-hetero) is 1. The molecule has 44 heavy (non-hydrogen) atoms. The van der Waals surface area contributed by atoms with Crippen LogP contribution in [-0.4, -0.2) is 69.4 Å². The van der Waals surface area contributed by atoms with Gasteiger partial charge < -0.3 is 25.8 Å². The predicted molar refractivity (Wildman–Crippen MR) is 172 cm³/mol. The van der Waals surface area contributed by atoms with E-state index in [2.05, 4.69) is 21.2 Å². The van der Waals surface area contributed by atoms with Gasteiger partial charge in [0.1, 0.15) is 18.4 Å². The molecule has 0 aliphatic carbocycles. The lowest BCUT2D eigenvalue weighted by Crippen LogP contribution is -2.41. The second-order valence-corrected chi connectivity index (χ2v) is 12.3. The van der Waals surface area contributed by atoms with Crippen molar-refractivity contribution in [2.75, 3.05) is 35.3 Å². The van der Waals surface area contributed by atoms with Crippen LogP contribution in [0.1, 0.15) is 42.1 Å². The molecule has 0 saturated heterocycles. The predicted octanol–water partition coefficient (Wildman–Crippen LogP) is 3.01. The highest BCUT2D eigenvalue weighted by molar-refractivity contribution is 8.76. The number of aromatic nitrogens is 2. The minimum atomic E-state index is -1.29. The summed E-state index contributed by atoms with van der Waals surface area (Å²) in [4.78, 5) is 68.3. The molecule has 1 heterocycles. The van der Waals surface area contributed by atoms with E-state index in [9.17, 15) is 29.1 Å². The second-order valence-electron chi connectivity index (χ2n) is 9.63. The monoisotopic (exact) mass is 639 g/mol. The Bertz CT molecular complexity index is 1590. The number of hydrogen-bond acceptors (Lipinski definition) is 11. The summed E-state index contributed by atoms with van der Waals surface area (Å²) in [6, 6.07) is 10.4. The Kier molecular flexibility index (Phi) is 13.1. The number of esters is 1. The summed E-state index contributed by atoms with van der Waals surface area (Å²) in [5.41, 5.74) is 7.47. The summed E-state index contributed by atoms with van der Waals surface area (Å²) in [6.07, 6.45) is 5.76. The van der Waals surface area contributed by atoms with Gasteiger partial charge in [-0.2, -0.15) is 0 Å². The van der Waals surface area contributed by atoms with Crippen molar-refractivity contribution in [3.05, 3.63) is 63.9 Å². The Labute approximate surface area is 261 Å². The van der Waals surface area contributed by atoms with Gasteiger partial charge in [-0.1, -0.05) is 33.6 Å². The molecule has 0 aliphatic rings. The number of terminal acetylenes is 1. The van der Waals surface area contributed by atoms with Crippen LogP contribution in [0.2, 0.25) is 0 Å². The zero-order valence-electron chi connectivity index (χ0n) is 24.0. The lowest BCUT2D eigenvalue weighted by molar-refractivity contribution is -0.144. The number of nitrogen functional groups attached to an aromatic ring is 1. The van der Waals surface area contributed by atoms with Crippen LogP contribution in [0.15, 0.2) is 47.3 Å². The van der Waals surface area contributed by atoms with Crippen LogP contribution in [0.5, 0.6) is 0 Å². The summed E-state index contributed by atoms with van der Waals surface area (Å²) in [5.74, 6) is 1.53. The van der Waals surface area contributed by atoms with Gasteiger partial charge in [0.2, 0.25) is 5.95 Å². The number of amides is 1. The maximum atomic E-state index is 12.8. The number of benzene rings is 2. The van der Waals surface area contributed by atoms with Crippen molar-refractivity contribution in [1.29, 1.82) is 0 Å². The molecule has 5 N–H and O–H groups in total. The summed E-state index contributed by atoms with van der Waals surface area (Å²) in [6.45, 7) is 2.30. The number of anilines is 2. The van der Waals surface area contributed by atoms with Crippen LogP contribution in [0.3, 0.4) is 0 Å². The SMILES string of the molecule is C#CCN(Cc1ccc2nc(N)[nH]c(=O)c2c1)c1ccc(C(=O)N[C@@H](CCC(=O)OCCSSCCC(C)=O)C(=O)O)cc1. The van der Waals surface area contributed by atoms with Crippen molar-refractivity contribution in [1.82, 2.24) is 15.3 Å². The van der Waals surface area contributed by atoms with Crippen molar-refractivity contribution in [3.8, 4) is 12.3 Å². The molecular formula is C30H33N5O7S2. The van der Waals surface area contributed by atoms with Gasteiger partial charge in [0.25, 0.3) is 11.5 Å². The average molecular weight is 640 g/mol. The van der Waals surface area contributed by atoms with Gasteiger partial charge in [-0.25, -0.2) is 9.78 Å². The number of carbonyl (C=O) groups is 4. The van der Waals surface area contributed by atoms with Gasteiger partial charge in [0.15, 0.2) is 0 Å². The molecule has 1 amide bonds. The van der Waals surface area contributed by atoms with E-state index in [1.165, 1.54) is 28.5 Å². The summed E-state index contributed by atoms with van der Waals surface area (Å²) in [7, 11) is 3.00. The number of carboxylic acids is 1. The van der Waals surface area contributed by atoms with Gasteiger partial charge in [0.05, 0.1) is 17.4 Å². The van der Waals surface area contributed by atoms with Gasteiger partial charge in [0, 0.05) is 42.1 Å². The fourth-order valence-electron chi connectivity index (χ4n) is 4.02. The third-order valence-corrected chi connectivity index (χ3v) is 8.60. The Morgan fingerprint density at radius 3 is 2.55 bits per heavy atom. The molecule has 14 heteroatoms. The van der Waals surface area contributed by atoms with Gasteiger partial charge in [-0.15, -0.1) is 6.42 Å². The first-order valence-electron chi connectivity index (χ1n) is 13.6. The van der Waals surface area contributed by atoms with Crippen molar-refractivity contribution in [2.45, 2.75) is 38.8 Å². The largest absolute Gasteiger partial charge is 0.480 e. The number of rotatable bonds is 17. The fraction of sp³-hybridized carbons (Fsp3) is 0.333. The van der Waals surface area contributed by atoms with Gasteiger partial charge in [-0.05, 0) is 55.3 Å². The zero-order valence-corrected chi connectivity index (χ0v) is 25.7. The molecule has 0 aliphatic heterocycles. The number of nitrogens with two attached hydrogens (primary N) is 1. The number of aliphatic carboxylic acids is 1. The molecular weight excluding hydrogens is 606 g/mol. The first kappa shape index (κ1) is 34.0. The molecule has 0 saturated carbocycles. The summed E-state index contributed by atoms with van der Waals surface area (Å²) >= 11 is 0. The molecule has 1 aromatic heterocycles. The standard InChI is InChI=1S/C30H33N5O7S2/c1-3-13-35(18-20-4-9-24-23(17-20)28(39)34-30(31)33-24)22-7-5-21(6-8-22)27(38)32-25(29(40)41)10-11-26(37)42-14-16-44-43-15-12-19(2)36/h1,4-9,17,25H,10-16,18H2,2H3,(H,32,38)(H,40,41)(H3,31,33,34,39)/t25-/m0/s1. The van der Waals surface area contributed by atoms with Crippen molar-refractivity contribution in [2.24, 2.45) is 0 Å². The number of fused-ring (bicyclic) bond motifs is 1.